The molecule has 0 unspecified atom stereocenters. The molecule has 54 valence electrons. The van der Waals surface area contributed by atoms with Crippen molar-refractivity contribution in [2.24, 2.45) is 0 Å². The van der Waals surface area contributed by atoms with Gasteiger partial charge >= 0.3 is 29.6 Å². The van der Waals surface area contributed by atoms with E-state index >= 15 is 0 Å². The number of aliphatic hydroxyl groups excluding tert-OH is 2. The second-order valence-electron chi connectivity index (χ2n) is 0.632. The van der Waals surface area contributed by atoms with Crippen LogP contribution in [0.3, 0.4) is 0 Å². The largest absolute Gasteiger partial charge is 1.00 e. The third kappa shape index (κ3) is 344. The van der Waals surface area contributed by atoms with E-state index < -0.39 is 0 Å². The molecule has 0 aromatic rings. The van der Waals surface area contributed by atoms with Gasteiger partial charge in [0.1, 0.15) is 0 Å². The SMILES string of the molecule is CCO.CCO.[Na+].[O-]Cl. The molecule has 0 fully saturated rings. The topological polar surface area (TPSA) is 63.5 Å². The van der Waals surface area contributed by atoms with Gasteiger partial charge in [-0.25, -0.2) is 11.9 Å². The van der Waals surface area contributed by atoms with Gasteiger partial charge in [-0.1, -0.05) is 0 Å². The Bertz CT molecular complexity index is 17.8. The molecule has 0 aromatic carbocycles. The first-order valence-corrected chi connectivity index (χ1v) is 2.51. The van der Waals surface area contributed by atoms with Crippen LogP contribution in [0.2, 0.25) is 0 Å². The second kappa shape index (κ2) is 60.9. The van der Waals surface area contributed by atoms with Crippen molar-refractivity contribution in [3.8, 4) is 0 Å². The Hall–Kier alpha value is 1.17. The summed E-state index contributed by atoms with van der Waals surface area (Å²) in [6, 6.07) is 0. The summed E-state index contributed by atoms with van der Waals surface area (Å²) in [5.74, 6) is 0. The first kappa shape index (κ1) is 22.5. The Morgan fingerprint density at radius 2 is 1.11 bits per heavy atom. The van der Waals surface area contributed by atoms with E-state index in [4.69, 9.17) is 14.9 Å². The predicted molar refractivity (Wildman–Crippen MR) is 31.4 cm³/mol. The molecular formula is C4H12ClNaO3. The molecular weight excluding hydrogens is 154 g/mol. The molecule has 0 bridgehead atoms. The van der Waals surface area contributed by atoms with Crippen LogP contribution in [0.25, 0.3) is 0 Å². The Kier molecular flexibility index (Phi) is 152. The summed E-state index contributed by atoms with van der Waals surface area (Å²) in [6.07, 6.45) is 0. The van der Waals surface area contributed by atoms with Crippen molar-refractivity contribution in [2.45, 2.75) is 13.8 Å². The maximum atomic E-state index is 7.72. The number of hydrogen-bond donors (Lipinski definition) is 2. The molecule has 0 saturated heterocycles. The van der Waals surface area contributed by atoms with Crippen LogP contribution in [0.5, 0.6) is 0 Å². The Balaban J connectivity index is -0.0000000202. The summed E-state index contributed by atoms with van der Waals surface area (Å²) in [4.78, 5) is 0. The normalized spacial score (nSPS) is 4.67. The van der Waals surface area contributed by atoms with E-state index in [-0.39, 0.29) is 42.8 Å². The zero-order chi connectivity index (χ0) is 7.41. The van der Waals surface area contributed by atoms with Gasteiger partial charge in [0, 0.05) is 13.2 Å². The van der Waals surface area contributed by atoms with Crippen molar-refractivity contribution < 1.29 is 44.4 Å². The molecule has 0 heterocycles. The minimum Gasteiger partial charge on any atom is -0.769 e. The molecule has 0 aliphatic carbocycles. The molecule has 9 heavy (non-hydrogen) atoms. The van der Waals surface area contributed by atoms with Crippen molar-refractivity contribution in [3.63, 3.8) is 0 Å². The summed E-state index contributed by atoms with van der Waals surface area (Å²) in [6.45, 7) is 3.86. The summed E-state index contributed by atoms with van der Waals surface area (Å²) in [5, 5.41) is 15.1. The van der Waals surface area contributed by atoms with Gasteiger partial charge < -0.3 is 14.9 Å². The van der Waals surface area contributed by atoms with Crippen LogP contribution in [0.15, 0.2) is 0 Å². The minimum absolute atomic E-state index is 0. The number of aliphatic hydroxyl groups is 2. The van der Waals surface area contributed by atoms with Crippen LogP contribution >= 0.6 is 11.9 Å². The Morgan fingerprint density at radius 1 is 1.11 bits per heavy atom. The number of halogens is 1. The molecule has 0 amide bonds. The molecule has 5 heteroatoms. The Morgan fingerprint density at radius 3 is 1.11 bits per heavy atom. The van der Waals surface area contributed by atoms with Gasteiger partial charge in [-0.05, 0) is 13.8 Å². The molecule has 0 saturated carbocycles. The van der Waals surface area contributed by atoms with Gasteiger partial charge in [0.05, 0.1) is 0 Å². The van der Waals surface area contributed by atoms with Crippen molar-refractivity contribution in [2.75, 3.05) is 13.2 Å². The van der Waals surface area contributed by atoms with Crippen molar-refractivity contribution in [1.82, 2.24) is 0 Å². The van der Waals surface area contributed by atoms with Crippen molar-refractivity contribution in [1.29, 1.82) is 0 Å². The average Bonchev–Trinajstić information content (AvgIpc) is 1.75. The molecule has 3 nitrogen and oxygen atoms in total. The van der Waals surface area contributed by atoms with Crippen LogP contribution < -0.4 is 34.2 Å². The smallest absolute Gasteiger partial charge is 0.769 e. The molecule has 0 aliphatic heterocycles. The summed E-state index contributed by atoms with van der Waals surface area (Å²) in [7, 11) is 0. The summed E-state index contributed by atoms with van der Waals surface area (Å²) < 4.78 is 7.72. The Labute approximate surface area is 83.1 Å². The standard InChI is InChI=1S/2C2H6O.ClO.Na/c2*1-2-3;1-2;/h2*3H,2H2,1H3;;/q;;-1;+1. The maximum Gasteiger partial charge on any atom is 1.00 e. The first-order valence-electron chi connectivity index (χ1n) is 2.20. The molecule has 2 N–H and O–H groups in total. The maximum absolute atomic E-state index is 7.72. The minimum atomic E-state index is 0. The first-order chi connectivity index (χ1) is 3.83. The van der Waals surface area contributed by atoms with Crippen LogP contribution in [0, 0.1) is 0 Å². The third-order valence-electron chi connectivity index (χ3n) is 0. The molecule has 0 rings (SSSR count). The van der Waals surface area contributed by atoms with Gasteiger partial charge in [-0.15, -0.1) is 0 Å². The van der Waals surface area contributed by atoms with Crippen LogP contribution in [0.4, 0.5) is 0 Å². The number of hydrogen-bond acceptors (Lipinski definition) is 3. The number of rotatable bonds is 0. The zero-order valence-corrected chi connectivity index (χ0v) is 8.85. The second-order valence-corrected chi connectivity index (χ2v) is 0.632. The van der Waals surface area contributed by atoms with E-state index in [1.54, 1.807) is 13.8 Å². The van der Waals surface area contributed by atoms with Crippen LogP contribution in [-0.2, 0) is 0 Å². The van der Waals surface area contributed by atoms with Crippen LogP contribution in [0.1, 0.15) is 13.8 Å². The average molecular weight is 167 g/mol. The van der Waals surface area contributed by atoms with E-state index in [0.29, 0.717) is 0 Å². The summed E-state index contributed by atoms with van der Waals surface area (Å²) in [5.41, 5.74) is 0. The quantitative estimate of drug-likeness (QED) is 0.367. The van der Waals surface area contributed by atoms with E-state index in [0.717, 1.165) is 0 Å². The van der Waals surface area contributed by atoms with E-state index in [1.165, 1.54) is 0 Å². The van der Waals surface area contributed by atoms with Gasteiger partial charge in [0.25, 0.3) is 0 Å². The predicted octanol–water partition coefficient (Wildman–Crippen LogP) is -3.50. The summed E-state index contributed by atoms with van der Waals surface area (Å²) >= 11 is 3.39. The van der Waals surface area contributed by atoms with Crippen LogP contribution in [-0.4, -0.2) is 23.4 Å². The molecule has 0 aromatic heterocycles. The van der Waals surface area contributed by atoms with E-state index in [9.17, 15) is 0 Å². The third-order valence-corrected chi connectivity index (χ3v) is 0. The fourth-order valence-corrected chi connectivity index (χ4v) is 0. The fraction of sp³-hybridized carbons (Fsp3) is 1.00. The van der Waals surface area contributed by atoms with Gasteiger partial charge in [0.15, 0.2) is 0 Å². The van der Waals surface area contributed by atoms with Crippen molar-refractivity contribution in [3.05, 3.63) is 0 Å². The van der Waals surface area contributed by atoms with Gasteiger partial charge in [0.2, 0.25) is 0 Å². The van der Waals surface area contributed by atoms with E-state index in [1.807, 2.05) is 0 Å². The zero-order valence-electron chi connectivity index (χ0n) is 6.09. The van der Waals surface area contributed by atoms with Crippen molar-refractivity contribution >= 4 is 11.9 Å². The monoisotopic (exact) mass is 166 g/mol. The fourth-order valence-electron chi connectivity index (χ4n) is 0. The van der Waals surface area contributed by atoms with Gasteiger partial charge in [-0.2, -0.15) is 0 Å². The molecule has 0 radical (unpaired) electrons. The molecule has 0 aliphatic rings. The molecule has 0 atom stereocenters. The molecule has 0 spiro atoms. The van der Waals surface area contributed by atoms with E-state index in [2.05, 4.69) is 11.9 Å². The van der Waals surface area contributed by atoms with Gasteiger partial charge in [-0.3, -0.25) is 0 Å².